The van der Waals surface area contributed by atoms with E-state index in [0.717, 1.165) is 59.2 Å². The first-order valence-electron chi connectivity index (χ1n) is 11.3. The molecule has 0 amide bonds. The van der Waals surface area contributed by atoms with Crippen molar-refractivity contribution in [2.75, 3.05) is 59.2 Å². The summed E-state index contributed by atoms with van der Waals surface area (Å²) in [6.45, 7) is 16.6. The van der Waals surface area contributed by atoms with Crippen LogP contribution in [0.25, 0.3) is 0 Å². The van der Waals surface area contributed by atoms with Gasteiger partial charge in [-0.3, -0.25) is 9.80 Å². The highest BCUT2D eigenvalue weighted by atomic mass is 16.6. The monoisotopic (exact) mass is 394 g/mol. The van der Waals surface area contributed by atoms with Crippen LogP contribution < -0.4 is 0 Å². The molecular weight excluding hydrogens is 356 g/mol. The van der Waals surface area contributed by atoms with Gasteiger partial charge in [-0.25, -0.2) is 0 Å². The lowest BCUT2D eigenvalue weighted by Crippen LogP contribution is -2.52. The molecule has 0 bridgehead atoms. The normalized spacial score (nSPS) is 43.4. The lowest BCUT2D eigenvalue weighted by Gasteiger charge is -2.51. The molecule has 4 heterocycles. The van der Waals surface area contributed by atoms with Crippen LogP contribution in [-0.2, 0) is 18.9 Å². The lowest BCUT2D eigenvalue weighted by molar-refractivity contribution is -0.00973. The van der Waals surface area contributed by atoms with Gasteiger partial charge in [-0.1, -0.05) is 20.8 Å². The molecule has 0 aromatic rings. The van der Waals surface area contributed by atoms with Gasteiger partial charge in [0.25, 0.3) is 0 Å². The van der Waals surface area contributed by atoms with Crippen LogP contribution in [0.4, 0.5) is 0 Å². The van der Waals surface area contributed by atoms with E-state index in [1.54, 1.807) is 0 Å². The molecule has 0 radical (unpaired) electrons. The minimum absolute atomic E-state index is 0.323. The van der Waals surface area contributed by atoms with E-state index in [1.165, 1.54) is 19.3 Å². The van der Waals surface area contributed by atoms with Gasteiger partial charge < -0.3 is 18.9 Å². The smallest absolute Gasteiger partial charge is 0.0936 e. The van der Waals surface area contributed by atoms with Crippen LogP contribution in [0.15, 0.2) is 0 Å². The van der Waals surface area contributed by atoms with Gasteiger partial charge in [0, 0.05) is 38.8 Å². The molecule has 28 heavy (non-hydrogen) atoms. The summed E-state index contributed by atoms with van der Waals surface area (Å²) in [7, 11) is 0. The Labute approximate surface area is 169 Å². The molecule has 4 saturated heterocycles. The molecule has 6 nitrogen and oxygen atoms in total. The van der Waals surface area contributed by atoms with Crippen LogP contribution in [0.1, 0.15) is 40.0 Å². The Morgan fingerprint density at radius 2 is 1.18 bits per heavy atom. The second-order valence-corrected chi connectivity index (χ2v) is 11.2. The topological polar surface area (TPSA) is 56.6 Å². The summed E-state index contributed by atoms with van der Waals surface area (Å²) in [5, 5.41) is 0. The fourth-order valence-electron chi connectivity index (χ4n) is 5.87. The van der Waals surface area contributed by atoms with E-state index in [2.05, 4.69) is 30.6 Å². The first kappa shape index (κ1) is 19.7. The Balaban J connectivity index is 1.27. The van der Waals surface area contributed by atoms with Crippen molar-refractivity contribution in [3.63, 3.8) is 0 Å². The molecule has 0 aromatic heterocycles. The molecule has 0 spiro atoms. The minimum atomic E-state index is 0.323. The van der Waals surface area contributed by atoms with Crippen molar-refractivity contribution in [3.05, 3.63) is 0 Å². The number of epoxide rings is 4. The van der Waals surface area contributed by atoms with Crippen molar-refractivity contribution in [1.82, 2.24) is 9.80 Å². The average molecular weight is 395 g/mol. The standard InChI is InChI=1S/C22H38N2O4/c1-21(2)4-16(24(8-19-12-27-19)9-20-13-28-20)5-22(3,14-21)15-23(6-17-10-25-17)7-18-11-26-18/h16-20H,4-15H2,1-3H3. The summed E-state index contributed by atoms with van der Waals surface area (Å²) in [6, 6.07) is 0.623. The maximum atomic E-state index is 5.58. The van der Waals surface area contributed by atoms with Crippen LogP contribution >= 0.6 is 0 Å². The van der Waals surface area contributed by atoms with Gasteiger partial charge in [-0.05, 0) is 30.1 Å². The first-order valence-corrected chi connectivity index (χ1v) is 11.3. The molecular formula is C22H38N2O4. The number of nitrogens with zero attached hydrogens (tertiary/aromatic N) is 2. The molecule has 0 N–H and O–H groups in total. The van der Waals surface area contributed by atoms with E-state index in [-0.39, 0.29) is 0 Å². The van der Waals surface area contributed by atoms with Crippen LogP contribution in [0.5, 0.6) is 0 Å². The van der Waals surface area contributed by atoms with E-state index >= 15 is 0 Å². The number of hydrogen-bond donors (Lipinski definition) is 0. The van der Waals surface area contributed by atoms with Crippen molar-refractivity contribution in [2.45, 2.75) is 70.5 Å². The van der Waals surface area contributed by atoms with Crippen LogP contribution in [0.3, 0.4) is 0 Å². The minimum Gasteiger partial charge on any atom is -0.372 e. The number of hydrogen-bond acceptors (Lipinski definition) is 6. The van der Waals surface area contributed by atoms with Crippen LogP contribution in [-0.4, -0.2) is 99.4 Å². The zero-order valence-corrected chi connectivity index (χ0v) is 17.9. The molecule has 6 heteroatoms. The largest absolute Gasteiger partial charge is 0.372 e. The highest BCUT2D eigenvalue weighted by Crippen LogP contribution is 2.48. The van der Waals surface area contributed by atoms with Crippen molar-refractivity contribution in [3.8, 4) is 0 Å². The zero-order valence-electron chi connectivity index (χ0n) is 17.9. The molecule has 1 saturated carbocycles. The Morgan fingerprint density at radius 1 is 0.714 bits per heavy atom. The lowest BCUT2D eigenvalue weighted by atomic mass is 9.62. The molecule has 6 unspecified atom stereocenters. The molecule has 0 aromatic carbocycles. The summed E-state index contributed by atoms with van der Waals surface area (Å²) in [6.07, 6.45) is 5.63. The SMILES string of the molecule is CC1(C)CC(N(CC2CO2)CC2CO2)CC(C)(CN(CC2CO2)CC2CO2)C1. The Kier molecular flexibility index (Phi) is 5.26. The van der Waals surface area contributed by atoms with Gasteiger partial charge in [0.1, 0.15) is 0 Å². The molecule has 5 rings (SSSR count). The quantitative estimate of drug-likeness (QED) is 0.498. The van der Waals surface area contributed by atoms with Crippen LogP contribution in [0, 0.1) is 10.8 Å². The third-order valence-electron chi connectivity index (χ3n) is 6.95. The van der Waals surface area contributed by atoms with Gasteiger partial charge in [0.2, 0.25) is 0 Å². The van der Waals surface area contributed by atoms with Crippen molar-refractivity contribution in [2.24, 2.45) is 10.8 Å². The van der Waals surface area contributed by atoms with Gasteiger partial charge >= 0.3 is 0 Å². The molecule has 5 fully saturated rings. The Hall–Kier alpha value is -0.240. The summed E-state index contributed by atoms with van der Waals surface area (Å²) in [5.41, 5.74) is 0.686. The zero-order chi connectivity index (χ0) is 19.4. The summed E-state index contributed by atoms with van der Waals surface area (Å²) < 4.78 is 22.3. The molecule has 4 aliphatic heterocycles. The van der Waals surface area contributed by atoms with Crippen LogP contribution in [0.2, 0.25) is 0 Å². The molecule has 160 valence electrons. The number of ether oxygens (including phenoxy) is 4. The Morgan fingerprint density at radius 3 is 1.64 bits per heavy atom. The fourth-order valence-corrected chi connectivity index (χ4v) is 5.87. The van der Waals surface area contributed by atoms with Gasteiger partial charge in [0.15, 0.2) is 0 Å². The predicted octanol–water partition coefficient (Wildman–Crippen LogP) is 1.77. The van der Waals surface area contributed by atoms with Gasteiger partial charge in [-0.2, -0.15) is 0 Å². The molecule has 1 aliphatic carbocycles. The highest BCUT2D eigenvalue weighted by Gasteiger charge is 2.46. The third-order valence-corrected chi connectivity index (χ3v) is 6.95. The van der Waals surface area contributed by atoms with Crippen molar-refractivity contribution >= 4 is 0 Å². The number of rotatable bonds is 11. The van der Waals surface area contributed by atoms with E-state index in [1.807, 2.05) is 0 Å². The van der Waals surface area contributed by atoms with E-state index in [9.17, 15) is 0 Å². The van der Waals surface area contributed by atoms with E-state index in [0.29, 0.717) is 41.3 Å². The second-order valence-electron chi connectivity index (χ2n) is 11.2. The predicted molar refractivity (Wildman–Crippen MR) is 107 cm³/mol. The molecule has 6 atom stereocenters. The fraction of sp³-hybridized carbons (Fsp3) is 1.00. The highest BCUT2D eigenvalue weighted by molar-refractivity contribution is 4.99. The van der Waals surface area contributed by atoms with E-state index < -0.39 is 0 Å². The third kappa shape index (κ3) is 5.67. The van der Waals surface area contributed by atoms with Crippen molar-refractivity contribution < 1.29 is 18.9 Å². The maximum absolute atomic E-state index is 5.58. The van der Waals surface area contributed by atoms with Crippen molar-refractivity contribution in [1.29, 1.82) is 0 Å². The summed E-state index contributed by atoms with van der Waals surface area (Å²) in [5.74, 6) is 0. The maximum Gasteiger partial charge on any atom is 0.0936 e. The summed E-state index contributed by atoms with van der Waals surface area (Å²) >= 11 is 0. The van der Waals surface area contributed by atoms with Gasteiger partial charge in [-0.15, -0.1) is 0 Å². The van der Waals surface area contributed by atoms with Gasteiger partial charge in [0.05, 0.1) is 50.8 Å². The Bertz CT molecular complexity index is 529. The molecule has 5 aliphatic rings. The second kappa shape index (κ2) is 7.47. The average Bonchev–Trinajstić information content (AvgIpc) is 3.36. The first-order chi connectivity index (χ1) is 13.4. The summed E-state index contributed by atoms with van der Waals surface area (Å²) in [4.78, 5) is 5.33. The van der Waals surface area contributed by atoms with E-state index in [4.69, 9.17) is 18.9 Å².